The van der Waals surface area contributed by atoms with Crippen LogP contribution in [0.2, 0.25) is 0 Å². The number of carboxylic acid groups (broad SMARTS) is 2. The summed E-state index contributed by atoms with van der Waals surface area (Å²) in [5.74, 6) is -6.16. The van der Waals surface area contributed by atoms with Crippen LogP contribution in [0, 0.1) is 0 Å². The summed E-state index contributed by atoms with van der Waals surface area (Å²) >= 11 is 1.16. The Morgan fingerprint density at radius 1 is 1.17 bits per heavy atom. The van der Waals surface area contributed by atoms with Gasteiger partial charge in [0.2, 0.25) is 11.8 Å². The van der Waals surface area contributed by atoms with Crippen LogP contribution < -0.4 is 10.6 Å². The second-order valence-electron chi connectivity index (χ2n) is 6.39. The molecule has 0 aliphatic carbocycles. The maximum atomic E-state index is 12.6. The van der Waals surface area contributed by atoms with E-state index in [2.05, 4.69) is 10.6 Å². The summed E-state index contributed by atoms with van der Waals surface area (Å²) in [7, 11) is 0. The zero-order valence-electron chi connectivity index (χ0n) is 15.1. The number of nitrogens with one attached hydrogen (secondary N) is 2. The topological polar surface area (TPSA) is 153 Å². The molecule has 3 atom stereocenters. The second-order valence-corrected chi connectivity index (χ2v) is 7.50. The molecule has 2 heterocycles. The normalized spacial score (nSPS) is 21.6. The maximum Gasteiger partial charge on any atom is 0.354 e. The molecule has 0 saturated carbocycles. The highest BCUT2D eigenvalue weighted by atomic mass is 32.2. The first kappa shape index (κ1) is 20.4. The van der Waals surface area contributed by atoms with Crippen molar-refractivity contribution in [1.29, 1.82) is 0 Å². The Labute approximate surface area is 168 Å². The van der Waals surface area contributed by atoms with Gasteiger partial charge in [-0.3, -0.25) is 24.1 Å². The molecule has 11 heteroatoms. The van der Waals surface area contributed by atoms with Crippen LogP contribution in [0.25, 0.3) is 0 Å². The van der Waals surface area contributed by atoms with Crippen LogP contribution in [0.3, 0.4) is 0 Å². The van der Waals surface area contributed by atoms with Crippen LogP contribution in [0.15, 0.2) is 41.7 Å². The van der Waals surface area contributed by atoms with E-state index < -0.39 is 47.0 Å². The Morgan fingerprint density at radius 3 is 2.38 bits per heavy atom. The number of hydrogen-bond donors (Lipinski definition) is 4. The molecule has 10 nitrogen and oxygen atoms in total. The van der Waals surface area contributed by atoms with Crippen molar-refractivity contribution in [1.82, 2.24) is 15.5 Å². The van der Waals surface area contributed by atoms with Gasteiger partial charge in [0.15, 0.2) is 11.6 Å². The van der Waals surface area contributed by atoms with Gasteiger partial charge in [0.25, 0.3) is 5.91 Å². The zero-order valence-corrected chi connectivity index (χ0v) is 15.9. The summed E-state index contributed by atoms with van der Waals surface area (Å²) in [5, 5.41) is 23.0. The van der Waals surface area contributed by atoms with E-state index >= 15 is 0 Å². The highest BCUT2D eigenvalue weighted by Gasteiger charge is 2.55. The van der Waals surface area contributed by atoms with Gasteiger partial charge in [-0.05, 0) is 5.56 Å². The van der Waals surface area contributed by atoms with Crippen LogP contribution in [0.5, 0.6) is 0 Å². The van der Waals surface area contributed by atoms with Gasteiger partial charge in [-0.2, -0.15) is 0 Å². The number of hydrogen-bond acceptors (Lipinski definition) is 6. The molecule has 0 aromatic heterocycles. The molecule has 2 aliphatic heterocycles. The molecule has 0 spiro atoms. The molecule has 1 aromatic carbocycles. The third kappa shape index (κ3) is 3.81. The van der Waals surface area contributed by atoms with E-state index in [9.17, 15) is 34.2 Å². The molecular formula is C18H17N3O7S. The molecule has 0 bridgehead atoms. The van der Waals surface area contributed by atoms with Crippen LogP contribution in [-0.4, -0.2) is 61.9 Å². The lowest BCUT2D eigenvalue weighted by atomic mass is 9.96. The largest absolute Gasteiger partial charge is 0.480 e. The van der Waals surface area contributed by atoms with E-state index in [1.165, 1.54) is 19.1 Å². The Kier molecular flexibility index (Phi) is 5.59. The fraction of sp³-hybridized carbons (Fsp3) is 0.278. The minimum absolute atomic E-state index is 0.0945. The number of rotatable bonds is 6. The Bertz CT molecular complexity index is 931. The number of benzene rings is 1. The van der Waals surface area contributed by atoms with Crippen LogP contribution >= 0.6 is 11.8 Å². The first-order valence-corrected chi connectivity index (χ1v) is 9.54. The van der Waals surface area contributed by atoms with Crippen molar-refractivity contribution in [2.75, 3.05) is 5.75 Å². The number of amides is 3. The molecular weight excluding hydrogens is 402 g/mol. The fourth-order valence-corrected chi connectivity index (χ4v) is 4.50. The third-order valence-corrected chi connectivity index (χ3v) is 5.72. The average Bonchev–Trinajstić information content (AvgIpc) is 2.65. The molecule has 2 unspecified atom stereocenters. The average molecular weight is 419 g/mol. The second kappa shape index (κ2) is 7.95. The number of carboxylic acids is 2. The Morgan fingerprint density at radius 2 is 1.83 bits per heavy atom. The number of nitrogens with zero attached hydrogens (tertiary/aromatic N) is 1. The van der Waals surface area contributed by atoms with Gasteiger partial charge in [-0.25, -0.2) is 4.79 Å². The summed E-state index contributed by atoms with van der Waals surface area (Å²) in [6, 6.07) is 6.80. The lowest BCUT2D eigenvalue weighted by Gasteiger charge is -2.49. The number of carbonyl (C=O) groups excluding carboxylic acids is 3. The lowest BCUT2D eigenvalue weighted by Crippen LogP contribution is -2.71. The van der Waals surface area contributed by atoms with E-state index in [1.54, 1.807) is 18.2 Å². The molecule has 2 aliphatic rings. The molecule has 1 fully saturated rings. The van der Waals surface area contributed by atoms with Crippen molar-refractivity contribution in [3.8, 4) is 0 Å². The summed E-state index contributed by atoms with van der Waals surface area (Å²) in [5.41, 5.74) is 0.00542. The first-order chi connectivity index (χ1) is 13.7. The molecule has 0 radical (unpaired) electrons. The van der Waals surface area contributed by atoms with Crippen molar-refractivity contribution in [3.63, 3.8) is 0 Å². The van der Waals surface area contributed by atoms with Gasteiger partial charge < -0.3 is 20.8 Å². The molecule has 29 heavy (non-hydrogen) atoms. The van der Waals surface area contributed by atoms with Gasteiger partial charge in [-0.15, -0.1) is 11.8 Å². The van der Waals surface area contributed by atoms with Crippen molar-refractivity contribution in [2.45, 2.75) is 24.3 Å². The molecule has 1 saturated heterocycles. The van der Waals surface area contributed by atoms with E-state index in [1.807, 2.05) is 0 Å². The predicted molar refractivity (Wildman–Crippen MR) is 100 cm³/mol. The summed E-state index contributed by atoms with van der Waals surface area (Å²) in [4.78, 5) is 60.6. The Hall–Kier alpha value is -3.34. The van der Waals surface area contributed by atoms with E-state index in [0.717, 1.165) is 16.7 Å². The number of carbonyl (C=O) groups is 5. The summed E-state index contributed by atoms with van der Waals surface area (Å²) < 4.78 is 0. The van der Waals surface area contributed by atoms with E-state index in [4.69, 9.17) is 0 Å². The number of fused-ring (bicyclic) bond motifs is 1. The van der Waals surface area contributed by atoms with Crippen LogP contribution in [0.1, 0.15) is 18.4 Å². The molecule has 152 valence electrons. The summed E-state index contributed by atoms with van der Waals surface area (Å²) in [6.45, 7) is 1.22. The van der Waals surface area contributed by atoms with Crippen molar-refractivity contribution >= 4 is 41.4 Å². The maximum absolute atomic E-state index is 12.6. The third-order valence-electron chi connectivity index (χ3n) is 4.44. The molecule has 3 rings (SSSR count). The van der Waals surface area contributed by atoms with Gasteiger partial charge in [0.05, 0.1) is 5.70 Å². The lowest BCUT2D eigenvalue weighted by molar-refractivity contribution is -0.152. The van der Waals surface area contributed by atoms with Crippen LogP contribution in [-0.2, 0) is 24.0 Å². The highest BCUT2D eigenvalue weighted by molar-refractivity contribution is 8.00. The van der Waals surface area contributed by atoms with Gasteiger partial charge >= 0.3 is 11.9 Å². The Balaban J connectivity index is 1.80. The standard InChI is InChI=1S/C18H17N3O7S/c1-8(22)19-10-7-29-16-12(15(24)21(16)13(10)18(27)28)20-14(23)11(17(25)26)9-5-3-2-4-6-9/h2-6,11-12,16H,7H2,1H3,(H,19,22)(H,20,23)(H,25,26)(H,27,28)/t11?,12?,16-/m0/s1. The zero-order chi connectivity index (χ0) is 21.3. The molecule has 3 amide bonds. The number of aliphatic carboxylic acids is 2. The first-order valence-electron chi connectivity index (χ1n) is 8.49. The van der Waals surface area contributed by atoms with E-state index in [-0.39, 0.29) is 22.7 Å². The smallest absolute Gasteiger partial charge is 0.354 e. The van der Waals surface area contributed by atoms with Crippen LogP contribution in [0.4, 0.5) is 0 Å². The quantitative estimate of drug-likeness (QED) is 0.362. The van der Waals surface area contributed by atoms with E-state index in [0.29, 0.717) is 0 Å². The summed E-state index contributed by atoms with van der Waals surface area (Å²) in [6.07, 6.45) is 0. The minimum Gasteiger partial charge on any atom is -0.480 e. The predicted octanol–water partition coefficient (Wildman–Crippen LogP) is -0.313. The van der Waals surface area contributed by atoms with Crippen molar-refractivity contribution in [2.24, 2.45) is 0 Å². The van der Waals surface area contributed by atoms with Gasteiger partial charge in [-0.1, -0.05) is 30.3 Å². The molecule has 1 aromatic rings. The fourth-order valence-electron chi connectivity index (χ4n) is 3.22. The number of β-lactam (4-membered cyclic amide) rings is 1. The number of thioether (sulfide) groups is 1. The minimum atomic E-state index is -1.50. The van der Waals surface area contributed by atoms with Gasteiger partial charge in [0.1, 0.15) is 11.4 Å². The van der Waals surface area contributed by atoms with Crippen molar-refractivity contribution < 1.29 is 34.2 Å². The monoisotopic (exact) mass is 419 g/mol. The molecule has 4 N–H and O–H groups in total. The van der Waals surface area contributed by atoms with Gasteiger partial charge in [0, 0.05) is 12.7 Å². The SMILES string of the molecule is CC(=O)NC1=C(C(=O)O)N2C(=O)C(NC(=O)C(C(=O)O)c3ccccc3)[C@@H]2SC1. The highest BCUT2D eigenvalue weighted by Crippen LogP contribution is 2.39. The van der Waals surface area contributed by atoms with Crippen molar-refractivity contribution in [3.05, 3.63) is 47.3 Å².